The molecule has 3 rings (SSSR count). The Morgan fingerprint density at radius 1 is 1.04 bits per heavy atom. The molecule has 1 aliphatic heterocycles. The predicted octanol–water partition coefficient (Wildman–Crippen LogP) is 2.71. The summed E-state index contributed by atoms with van der Waals surface area (Å²) in [5.74, 6) is 0.293. The van der Waals surface area contributed by atoms with Crippen molar-refractivity contribution >= 4 is 17.3 Å². The second kappa shape index (κ2) is 8.12. The van der Waals surface area contributed by atoms with E-state index in [0.29, 0.717) is 43.2 Å². The van der Waals surface area contributed by atoms with E-state index in [1.54, 1.807) is 28.0 Å². The molecule has 0 spiro atoms. The third kappa shape index (κ3) is 3.98. The molecule has 148 valence electrons. The second-order valence-corrected chi connectivity index (χ2v) is 6.27. The Kier molecular flexibility index (Phi) is 5.62. The first-order valence-electron chi connectivity index (χ1n) is 8.64. The van der Waals surface area contributed by atoms with Crippen molar-refractivity contribution in [1.82, 2.24) is 4.90 Å². The SMILES string of the molecule is COc1cc(OC)cc(C(=O)N2CCN(c3cc(F)ccc3[N+](=O)[O-])CC2)c1. The third-order valence-corrected chi connectivity index (χ3v) is 4.64. The lowest BCUT2D eigenvalue weighted by atomic mass is 10.1. The number of ether oxygens (including phenoxy) is 2. The fourth-order valence-electron chi connectivity index (χ4n) is 3.17. The van der Waals surface area contributed by atoms with Gasteiger partial charge in [-0.2, -0.15) is 0 Å². The summed E-state index contributed by atoms with van der Waals surface area (Å²) in [5.41, 5.74) is 0.500. The zero-order chi connectivity index (χ0) is 20.3. The van der Waals surface area contributed by atoms with Crippen LogP contribution >= 0.6 is 0 Å². The van der Waals surface area contributed by atoms with E-state index in [4.69, 9.17) is 9.47 Å². The molecule has 0 bridgehead atoms. The molecule has 8 nitrogen and oxygen atoms in total. The van der Waals surface area contributed by atoms with Crippen LogP contribution in [0.4, 0.5) is 15.8 Å². The van der Waals surface area contributed by atoms with Crippen LogP contribution in [0, 0.1) is 15.9 Å². The monoisotopic (exact) mass is 389 g/mol. The van der Waals surface area contributed by atoms with Crippen LogP contribution in [0.5, 0.6) is 11.5 Å². The summed E-state index contributed by atoms with van der Waals surface area (Å²) in [6.07, 6.45) is 0. The van der Waals surface area contributed by atoms with Crippen LogP contribution in [0.1, 0.15) is 10.4 Å². The first kappa shape index (κ1) is 19.4. The highest BCUT2D eigenvalue weighted by Crippen LogP contribution is 2.30. The van der Waals surface area contributed by atoms with E-state index in [0.717, 1.165) is 18.2 Å². The van der Waals surface area contributed by atoms with E-state index < -0.39 is 10.7 Å². The highest BCUT2D eigenvalue weighted by Gasteiger charge is 2.27. The maximum atomic E-state index is 13.6. The molecule has 28 heavy (non-hydrogen) atoms. The molecular weight excluding hydrogens is 369 g/mol. The van der Waals surface area contributed by atoms with Crippen LogP contribution in [0.25, 0.3) is 0 Å². The van der Waals surface area contributed by atoms with Gasteiger partial charge in [0, 0.05) is 49.9 Å². The summed E-state index contributed by atoms with van der Waals surface area (Å²) < 4.78 is 24.0. The van der Waals surface area contributed by atoms with Gasteiger partial charge in [-0.1, -0.05) is 0 Å². The molecule has 0 N–H and O–H groups in total. The summed E-state index contributed by atoms with van der Waals surface area (Å²) >= 11 is 0. The molecule has 1 saturated heterocycles. The van der Waals surface area contributed by atoms with E-state index in [2.05, 4.69) is 0 Å². The molecule has 0 saturated carbocycles. The Labute approximate surface area is 161 Å². The van der Waals surface area contributed by atoms with E-state index in [9.17, 15) is 19.3 Å². The second-order valence-electron chi connectivity index (χ2n) is 6.27. The fourth-order valence-corrected chi connectivity index (χ4v) is 3.17. The molecule has 2 aromatic carbocycles. The third-order valence-electron chi connectivity index (χ3n) is 4.64. The van der Waals surface area contributed by atoms with Gasteiger partial charge < -0.3 is 19.3 Å². The Hall–Kier alpha value is -3.36. The number of amides is 1. The highest BCUT2D eigenvalue weighted by molar-refractivity contribution is 5.95. The Balaban J connectivity index is 1.75. The number of hydrogen-bond acceptors (Lipinski definition) is 6. The number of nitro groups is 1. The average Bonchev–Trinajstić information content (AvgIpc) is 2.72. The van der Waals surface area contributed by atoms with Crippen LogP contribution in [-0.2, 0) is 0 Å². The number of anilines is 1. The lowest BCUT2D eigenvalue weighted by Crippen LogP contribution is -2.49. The molecule has 0 aliphatic carbocycles. The van der Waals surface area contributed by atoms with Crippen molar-refractivity contribution in [2.45, 2.75) is 0 Å². The van der Waals surface area contributed by atoms with Crippen molar-refractivity contribution in [2.24, 2.45) is 0 Å². The number of benzene rings is 2. The van der Waals surface area contributed by atoms with E-state index in [-0.39, 0.29) is 17.3 Å². The van der Waals surface area contributed by atoms with Crippen molar-refractivity contribution in [1.29, 1.82) is 0 Å². The summed E-state index contributed by atoms with van der Waals surface area (Å²) in [7, 11) is 3.02. The Bertz CT molecular complexity index is 875. The first-order chi connectivity index (χ1) is 13.4. The number of piperazine rings is 1. The van der Waals surface area contributed by atoms with Gasteiger partial charge in [0.1, 0.15) is 23.0 Å². The number of nitro benzene ring substituents is 1. The first-order valence-corrected chi connectivity index (χ1v) is 8.64. The lowest BCUT2D eigenvalue weighted by Gasteiger charge is -2.35. The Morgan fingerprint density at radius 3 is 2.18 bits per heavy atom. The van der Waals surface area contributed by atoms with Gasteiger partial charge in [0.05, 0.1) is 19.1 Å². The van der Waals surface area contributed by atoms with E-state index >= 15 is 0 Å². The zero-order valence-electron chi connectivity index (χ0n) is 15.6. The van der Waals surface area contributed by atoms with Crippen LogP contribution in [0.2, 0.25) is 0 Å². The van der Waals surface area contributed by atoms with E-state index in [1.807, 2.05) is 0 Å². The standard InChI is InChI=1S/C19H20FN3O5/c1-27-15-9-13(10-16(12-15)28-2)19(24)22-7-5-21(6-8-22)18-11-14(20)3-4-17(18)23(25)26/h3-4,9-12H,5-8H2,1-2H3. The number of rotatable bonds is 5. The van der Waals surface area contributed by atoms with Gasteiger partial charge in [-0.05, 0) is 18.2 Å². The minimum atomic E-state index is -0.539. The van der Waals surface area contributed by atoms with Crippen LogP contribution in [0.15, 0.2) is 36.4 Å². The molecule has 1 fully saturated rings. The average molecular weight is 389 g/mol. The van der Waals surface area contributed by atoms with Gasteiger partial charge in [-0.3, -0.25) is 14.9 Å². The fraction of sp³-hybridized carbons (Fsp3) is 0.316. The van der Waals surface area contributed by atoms with Crippen molar-refractivity contribution in [3.05, 3.63) is 57.9 Å². The van der Waals surface area contributed by atoms with Crippen molar-refractivity contribution in [3.8, 4) is 11.5 Å². The van der Waals surface area contributed by atoms with Gasteiger partial charge in [0.2, 0.25) is 0 Å². The quantitative estimate of drug-likeness (QED) is 0.577. The molecule has 1 heterocycles. The van der Waals surface area contributed by atoms with E-state index in [1.165, 1.54) is 14.2 Å². The number of nitrogens with zero attached hydrogens (tertiary/aromatic N) is 3. The van der Waals surface area contributed by atoms with Crippen LogP contribution < -0.4 is 14.4 Å². The minimum absolute atomic E-state index is 0.154. The number of halogens is 1. The molecule has 0 radical (unpaired) electrons. The number of carbonyl (C=O) groups excluding carboxylic acids is 1. The zero-order valence-corrected chi connectivity index (χ0v) is 15.6. The summed E-state index contributed by atoms with van der Waals surface area (Å²) in [6.45, 7) is 1.42. The summed E-state index contributed by atoms with van der Waals surface area (Å²) in [6, 6.07) is 8.33. The molecule has 0 aromatic heterocycles. The molecule has 9 heteroatoms. The van der Waals surface area contributed by atoms with Gasteiger partial charge >= 0.3 is 0 Å². The molecule has 1 aliphatic rings. The van der Waals surface area contributed by atoms with Crippen LogP contribution in [0.3, 0.4) is 0 Å². The minimum Gasteiger partial charge on any atom is -0.497 e. The summed E-state index contributed by atoms with van der Waals surface area (Å²) in [4.78, 5) is 26.9. The highest BCUT2D eigenvalue weighted by atomic mass is 19.1. The normalized spacial score (nSPS) is 14.0. The molecule has 0 unspecified atom stereocenters. The predicted molar refractivity (Wildman–Crippen MR) is 101 cm³/mol. The maximum absolute atomic E-state index is 13.6. The maximum Gasteiger partial charge on any atom is 0.292 e. The van der Waals surface area contributed by atoms with Gasteiger partial charge in [0.15, 0.2) is 0 Å². The van der Waals surface area contributed by atoms with Crippen molar-refractivity contribution in [3.63, 3.8) is 0 Å². The van der Waals surface area contributed by atoms with Gasteiger partial charge in [-0.25, -0.2) is 4.39 Å². The molecule has 1 amide bonds. The van der Waals surface area contributed by atoms with Crippen molar-refractivity contribution in [2.75, 3.05) is 45.3 Å². The number of carbonyl (C=O) groups is 1. The molecule has 0 atom stereocenters. The largest absolute Gasteiger partial charge is 0.497 e. The molecular formula is C19H20FN3O5. The van der Waals surface area contributed by atoms with Crippen molar-refractivity contribution < 1.29 is 23.6 Å². The number of methoxy groups -OCH3 is 2. The topological polar surface area (TPSA) is 85.2 Å². The van der Waals surface area contributed by atoms with Gasteiger partial charge in [-0.15, -0.1) is 0 Å². The van der Waals surface area contributed by atoms with Crippen LogP contribution in [-0.4, -0.2) is 56.1 Å². The lowest BCUT2D eigenvalue weighted by molar-refractivity contribution is -0.384. The Morgan fingerprint density at radius 2 is 1.64 bits per heavy atom. The smallest absolute Gasteiger partial charge is 0.292 e. The number of hydrogen-bond donors (Lipinski definition) is 0. The molecule has 2 aromatic rings. The van der Waals surface area contributed by atoms with Gasteiger partial charge in [0.25, 0.3) is 11.6 Å². The summed E-state index contributed by atoms with van der Waals surface area (Å²) in [5, 5.41) is 11.2.